The molecule has 0 bridgehead atoms. The highest BCUT2D eigenvalue weighted by Crippen LogP contribution is 2.33. The number of carbonyl (C=O) groups is 2. The van der Waals surface area contributed by atoms with Crippen LogP contribution < -0.4 is 5.32 Å². The third-order valence-corrected chi connectivity index (χ3v) is 4.56. The molecule has 120 valence electrons. The van der Waals surface area contributed by atoms with Crippen molar-refractivity contribution in [3.8, 4) is 0 Å². The van der Waals surface area contributed by atoms with Crippen molar-refractivity contribution in [3.05, 3.63) is 35.9 Å². The fourth-order valence-corrected chi connectivity index (χ4v) is 3.27. The number of ketones is 1. The maximum atomic E-state index is 12.4. The van der Waals surface area contributed by atoms with Crippen molar-refractivity contribution in [1.29, 1.82) is 0 Å². The molecule has 1 aromatic carbocycles. The predicted molar refractivity (Wildman–Crippen MR) is 85.7 cm³/mol. The number of hydrogen-bond acceptors (Lipinski definition) is 3. The summed E-state index contributed by atoms with van der Waals surface area (Å²) >= 11 is 0. The van der Waals surface area contributed by atoms with Crippen molar-refractivity contribution in [3.63, 3.8) is 0 Å². The molecule has 0 amide bonds. The molecule has 1 unspecified atom stereocenters. The molecule has 4 nitrogen and oxygen atoms in total. The van der Waals surface area contributed by atoms with Gasteiger partial charge in [0.1, 0.15) is 0 Å². The summed E-state index contributed by atoms with van der Waals surface area (Å²) in [5, 5.41) is 12.4. The van der Waals surface area contributed by atoms with Gasteiger partial charge in [-0.1, -0.05) is 36.8 Å². The predicted octanol–water partition coefficient (Wildman–Crippen LogP) is 2.67. The Labute approximate surface area is 131 Å². The van der Waals surface area contributed by atoms with Gasteiger partial charge in [-0.2, -0.15) is 0 Å². The molecule has 0 heterocycles. The van der Waals surface area contributed by atoms with Crippen LogP contribution in [0, 0.1) is 11.8 Å². The van der Waals surface area contributed by atoms with Gasteiger partial charge >= 0.3 is 5.97 Å². The van der Waals surface area contributed by atoms with Crippen LogP contribution in [0.1, 0.15) is 38.2 Å². The summed E-state index contributed by atoms with van der Waals surface area (Å²) in [5.74, 6) is -1.56. The number of nitrogens with one attached hydrogen (secondary N) is 1. The molecule has 2 N–H and O–H groups in total. The van der Waals surface area contributed by atoms with E-state index >= 15 is 0 Å². The lowest BCUT2D eigenvalue weighted by atomic mass is 9.89. The highest BCUT2D eigenvalue weighted by molar-refractivity contribution is 5.90. The molecule has 1 saturated carbocycles. The third-order valence-electron chi connectivity index (χ3n) is 4.56. The van der Waals surface area contributed by atoms with E-state index in [1.807, 2.05) is 25.1 Å². The Morgan fingerprint density at radius 1 is 1.23 bits per heavy atom. The Bertz CT molecular complexity index is 500. The summed E-state index contributed by atoms with van der Waals surface area (Å²) in [6.45, 7) is 2.62. The lowest BCUT2D eigenvalue weighted by molar-refractivity contribution is -0.146. The Hall–Kier alpha value is -1.68. The first-order valence-electron chi connectivity index (χ1n) is 8.13. The van der Waals surface area contributed by atoms with Gasteiger partial charge in [-0.25, -0.2) is 0 Å². The first kappa shape index (κ1) is 16.7. The molecule has 2 rings (SSSR count). The first-order chi connectivity index (χ1) is 10.6. The van der Waals surface area contributed by atoms with Gasteiger partial charge in [0, 0.05) is 5.92 Å². The summed E-state index contributed by atoms with van der Waals surface area (Å²) in [5.41, 5.74) is 1.30. The SMILES string of the molecule is C[C@H](NCCCc1ccccc1)C(=O)C1CCC[C@H]1C(=O)O. The van der Waals surface area contributed by atoms with Crippen molar-refractivity contribution in [2.75, 3.05) is 6.54 Å². The zero-order valence-corrected chi connectivity index (χ0v) is 13.1. The quantitative estimate of drug-likeness (QED) is 0.725. The summed E-state index contributed by atoms with van der Waals surface area (Å²) in [7, 11) is 0. The van der Waals surface area contributed by atoms with Crippen molar-refractivity contribution >= 4 is 11.8 Å². The molecule has 1 aliphatic rings. The van der Waals surface area contributed by atoms with E-state index in [2.05, 4.69) is 17.4 Å². The van der Waals surface area contributed by atoms with Crippen molar-refractivity contribution in [1.82, 2.24) is 5.32 Å². The average molecular weight is 303 g/mol. The van der Waals surface area contributed by atoms with Crippen molar-refractivity contribution < 1.29 is 14.7 Å². The number of hydrogen-bond donors (Lipinski definition) is 2. The van der Waals surface area contributed by atoms with E-state index in [0.717, 1.165) is 25.8 Å². The highest BCUT2D eigenvalue weighted by atomic mass is 16.4. The number of aliphatic carboxylic acids is 1. The minimum atomic E-state index is -0.827. The van der Waals surface area contributed by atoms with E-state index in [1.54, 1.807) is 0 Å². The van der Waals surface area contributed by atoms with Crippen LogP contribution >= 0.6 is 0 Å². The average Bonchev–Trinajstić information content (AvgIpc) is 3.01. The molecule has 0 aliphatic heterocycles. The van der Waals surface area contributed by atoms with E-state index in [-0.39, 0.29) is 17.7 Å². The van der Waals surface area contributed by atoms with Crippen LogP contribution in [0.3, 0.4) is 0 Å². The zero-order chi connectivity index (χ0) is 15.9. The van der Waals surface area contributed by atoms with Crippen LogP contribution in [0.25, 0.3) is 0 Å². The van der Waals surface area contributed by atoms with Gasteiger partial charge in [0.25, 0.3) is 0 Å². The third kappa shape index (κ3) is 4.41. The maximum Gasteiger partial charge on any atom is 0.307 e. The Morgan fingerprint density at radius 3 is 2.59 bits per heavy atom. The molecule has 1 aliphatic carbocycles. The number of carbonyl (C=O) groups excluding carboxylic acids is 1. The fraction of sp³-hybridized carbons (Fsp3) is 0.556. The van der Waals surface area contributed by atoms with Gasteiger partial charge in [0.2, 0.25) is 0 Å². The number of rotatable bonds is 8. The van der Waals surface area contributed by atoms with Gasteiger partial charge in [0.15, 0.2) is 5.78 Å². The Balaban J connectivity index is 1.73. The molecule has 3 atom stereocenters. The number of Topliss-reactive ketones (excluding diaryl/α,β-unsaturated/α-hetero) is 1. The molecule has 0 saturated heterocycles. The summed E-state index contributed by atoms with van der Waals surface area (Å²) in [6, 6.07) is 10.0. The number of carboxylic acid groups (broad SMARTS) is 1. The van der Waals surface area contributed by atoms with E-state index < -0.39 is 11.9 Å². The fourth-order valence-electron chi connectivity index (χ4n) is 3.27. The van der Waals surface area contributed by atoms with Crippen LogP contribution in [-0.4, -0.2) is 29.4 Å². The second-order valence-corrected chi connectivity index (χ2v) is 6.15. The van der Waals surface area contributed by atoms with E-state index in [0.29, 0.717) is 12.8 Å². The summed E-state index contributed by atoms with van der Waals surface area (Å²) in [6.07, 6.45) is 4.14. The second kappa shape index (κ2) is 8.08. The zero-order valence-electron chi connectivity index (χ0n) is 13.1. The van der Waals surface area contributed by atoms with Gasteiger partial charge in [-0.15, -0.1) is 0 Å². The maximum absolute atomic E-state index is 12.4. The van der Waals surface area contributed by atoms with Gasteiger partial charge in [0.05, 0.1) is 12.0 Å². The van der Waals surface area contributed by atoms with E-state index in [1.165, 1.54) is 5.56 Å². The number of benzene rings is 1. The van der Waals surface area contributed by atoms with Gasteiger partial charge in [-0.3, -0.25) is 9.59 Å². The van der Waals surface area contributed by atoms with Gasteiger partial charge < -0.3 is 10.4 Å². The Morgan fingerprint density at radius 2 is 1.91 bits per heavy atom. The lowest BCUT2D eigenvalue weighted by Crippen LogP contribution is -2.40. The Kier molecular flexibility index (Phi) is 6.13. The molecule has 1 fully saturated rings. The van der Waals surface area contributed by atoms with Crippen LogP contribution in [0.5, 0.6) is 0 Å². The van der Waals surface area contributed by atoms with Crippen LogP contribution in [0.15, 0.2) is 30.3 Å². The normalized spacial score (nSPS) is 22.4. The molecule has 4 heteroatoms. The molecule has 1 aromatic rings. The monoisotopic (exact) mass is 303 g/mol. The first-order valence-corrected chi connectivity index (χ1v) is 8.13. The largest absolute Gasteiger partial charge is 0.481 e. The summed E-state index contributed by atoms with van der Waals surface area (Å²) < 4.78 is 0. The van der Waals surface area contributed by atoms with Crippen LogP contribution in [0.2, 0.25) is 0 Å². The van der Waals surface area contributed by atoms with Gasteiger partial charge in [-0.05, 0) is 44.7 Å². The number of carboxylic acids is 1. The van der Waals surface area contributed by atoms with Crippen molar-refractivity contribution in [2.45, 2.75) is 45.1 Å². The molecule has 0 radical (unpaired) electrons. The highest BCUT2D eigenvalue weighted by Gasteiger charge is 2.38. The standard InChI is InChI=1S/C18H25NO3/c1-13(17(20)15-10-5-11-16(15)18(21)22)19-12-6-9-14-7-3-2-4-8-14/h2-4,7-8,13,15-16,19H,5-6,9-12H2,1H3,(H,21,22)/t13-,15?,16+/m0/s1. The molecular formula is C18H25NO3. The van der Waals surface area contributed by atoms with Crippen LogP contribution in [-0.2, 0) is 16.0 Å². The van der Waals surface area contributed by atoms with Crippen molar-refractivity contribution in [2.24, 2.45) is 11.8 Å². The summed E-state index contributed by atoms with van der Waals surface area (Å²) in [4.78, 5) is 23.6. The van der Waals surface area contributed by atoms with E-state index in [4.69, 9.17) is 0 Å². The minimum Gasteiger partial charge on any atom is -0.481 e. The minimum absolute atomic E-state index is 0.0598. The topological polar surface area (TPSA) is 66.4 Å². The van der Waals surface area contributed by atoms with E-state index in [9.17, 15) is 14.7 Å². The number of aryl methyl sites for hydroxylation is 1. The molecule has 22 heavy (non-hydrogen) atoms. The lowest BCUT2D eigenvalue weighted by Gasteiger charge is -2.20. The molecular weight excluding hydrogens is 278 g/mol. The molecule has 0 aromatic heterocycles. The van der Waals surface area contributed by atoms with Crippen LogP contribution in [0.4, 0.5) is 0 Å². The smallest absolute Gasteiger partial charge is 0.307 e. The molecule has 0 spiro atoms. The second-order valence-electron chi connectivity index (χ2n) is 6.15.